The van der Waals surface area contributed by atoms with E-state index in [0.717, 1.165) is 12.1 Å². The third-order valence-corrected chi connectivity index (χ3v) is 3.80. The van der Waals surface area contributed by atoms with Crippen LogP contribution in [0, 0.1) is 17.0 Å². The van der Waals surface area contributed by atoms with Crippen molar-refractivity contribution in [2.45, 2.75) is 12.0 Å². The van der Waals surface area contributed by atoms with Gasteiger partial charge in [-0.05, 0) is 30.7 Å². The van der Waals surface area contributed by atoms with Crippen molar-refractivity contribution in [3.63, 3.8) is 0 Å². The van der Waals surface area contributed by atoms with E-state index in [1.807, 2.05) is 0 Å². The fraction of sp³-hybridized carbons (Fsp3) is 0.143. The second kappa shape index (κ2) is 7.33. The molecule has 0 unspecified atom stereocenters. The molecule has 12 heteroatoms. The number of sulfonamides is 1. The third kappa shape index (κ3) is 4.64. The summed E-state index contributed by atoms with van der Waals surface area (Å²) in [6.45, 7) is 0.884. The minimum atomic E-state index is -4.12. The lowest BCUT2D eigenvalue weighted by atomic mass is 10.2. The van der Waals surface area contributed by atoms with Gasteiger partial charge in [-0.3, -0.25) is 14.9 Å². The molecule has 1 heterocycles. The van der Waals surface area contributed by atoms with Gasteiger partial charge in [-0.1, -0.05) is 6.07 Å². The van der Waals surface area contributed by atoms with Gasteiger partial charge in [0.15, 0.2) is 6.61 Å². The first-order valence-corrected chi connectivity index (χ1v) is 8.47. The maximum Gasteiger partial charge on any atom is 0.374 e. The van der Waals surface area contributed by atoms with E-state index in [1.165, 1.54) is 12.1 Å². The number of primary sulfonamides is 1. The van der Waals surface area contributed by atoms with E-state index in [9.17, 15) is 28.1 Å². The summed E-state index contributed by atoms with van der Waals surface area (Å²) in [6, 6.07) is 6.16. The van der Waals surface area contributed by atoms with E-state index in [1.54, 1.807) is 13.0 Å². The van der Waals surface area contributed by atoms with E-state index < -0.39 is 44.3 Å². The molecule has 0 saturated heterocycles. The lowest BCUT2D eigenvalue weighted by molar-refractivity contribution is -0.384. The Labute approximate surface area is 146 Å². The smallest absolute Gasteiger partial charge is 0.374 e. The van der Waals surface area contributed by atoms with Gasteiger partial charge in [0.2, 0.25) is 10.9 Å². The Bertz CT molecular complexity index is 980. The predicted molar refractivity (Wildman–Crippen MR) is 86.8 cm³/mol. The lowest BCUT2D eigenvalue weighted by Crippen LogP contribution is -2.21. The fourth-order valence-corrected chi connectivity index (χ4v) is 2.33. The van der Waals surface area contributed by atoms with E-state index in [4.69, 9.17) is 9.56 Å². The number of furan rings is 1. The highest BCUT2D eigenvalue weighted by Gasteiger charge is 2.20. The third-order valence-electron chi connectivity index (χ3n) is 3.02. The zero-order chi connectivity index (χ0) is 19.5. The summed E-state index contributed by atoms with van der Waals surface area (Å²) in [6.07, 6.45) is 0. The van der Waals surface area contributed by atoms with Crippen LogP contribution in [0.1, 0.15) is 16.1 Å². The van der Waals surface area contributed by atoms with Gasteiger partial charge in [-0.25, -0.2) is 18.4 Å². The first-order valence-electron chi connectivity index (χ1n) is 6.92. The lowest BCUT2D eigenvalue weighted by Gasteiger charge is -2.07. The van der Waals surface area contributed by atoms with Gasteiger partial charge in [0.1, 0.15) is 5.69 Å². The van der Waals surface area contributed by atoms with Crippen molar-refractivity contribution in [3.05, 3.63) is 51.8 Å². The molecule has 2 aromatic rings. The van der Waals surface area contributed by atoms with E-state index >= 15 is 0 Å². The van der Waals surface area contributed by atoms with E-state index in [0.29, 0.717) is 5.56 Å². The van der Waals surface area contributed by atoms with Crippen molar-refractivity contribution < 1.29 is 32.1 Å². The molecule has 26 heavy (non-hydrogen) atoms. The minimum absolute atomic E-state index is 0.0591. The maximum atomic E-state index is 11.8. The molecule has 0 atom stereocenters. The molecule has 3 N–H and O–H groups in total. The van der Waals surface area contributed by atoms with Gasteiger partial charge < -0.3 is 14.5 Å². The molecular weight excluding hydrogens is 370 g/mol. The number of hydrogen-bond acceptors (Lipinski definition) is 8. The Hall–Kier alpha value is -3.25. The molecule has 0 aliphatic carbocycles. The first-order chi connectivity index (χ1) is 12.1. The number of benzene rings is 1. The molecule has 0 fully saturated rings. The molecule has 0 radical (unpaired) electrons. The summed E-state index contributed by atoms with van der Waals surface area (Å²) < 4.78 is 31.5. The van der Waals surface area contributed by atoms with Crippen LogP contribution in [-0.2, 0) is 19.6 Å². The summed E-state index contributed by atoms with van der Waals surface area (Å²) in [5.41, 5.74) is 0.259. The number of amides is 1. The molecule has 138 valence electrons. The van der Waals surface area contributed by atoms with E-state index in [-0.39, 0.29) is 11.4 Å². The number of carbonyl (C=O) groups is 2. The van der Waals surface area contributed by atoms with Gasteiger partial charge >= 0.3 is 5.97 Å². The average Bonchev–Trinajstić information content (AvgIpc) is 3.04. The topological polar surface area (TPSA) is 172 Å². The number of aryl methyl sites for hydroxylation is 1. The Kier molecular flexibility index (Phi) is 5.38. The van der Waals surface area contributed by atoms with Crippen molar-refractivity contribution in [2.75, 3.05) is 11.9 Å². The van der Waals surface area contributed by atoms with Crippen LogP contribution in [0.5, 0.6) is 0 Å². The van der Waals surface area contributed by atoms with E-state index in [2.05, 4.69) is 10.1 Å². The summed E-state index contributed by atoms with van der Waals surface area (Å²) in [7, 11) is -4.12. The number of esters is 1. The van der Waals surface area contributed by atoms with Crippen LogP contribution in [0.25, 0.3) is 0 Å². The van der Waals surface area contributed by atoms with Gasteiger partial charge in [0.05, 0.1) is 4.92 Å². The molecule has 0 spiro atoms. The average molecular weight is 383 g/mol. The van der Waals surface area contributed by atoms with Crippen molar-refractivity contribution in [3.8, 4) is 0 Å². The number of nitro benzene ring substituents is 1. The number of nitrogens with zero attached hydrogens (tertiary/aromatic N) is 1. The highest BCUT2D eigenvalue weighted by molar-refractivity contribution is 7.89. The van der Waals surface area contributed by atoms with Crippen molar-refractivity contribution in [1.82, 2.24) is 0 Å². The molecule has 0 aliphatic rings. The number of carbonyl (C=O) groups excluding carboxylic acids is 2. The van der Waals surface area contributed by atoms with Crippen LogP contribution in [0.15, 0.2) is 39.8 Å². The highest BCUT2D eigenvalue weighted by Crippen LogP contribution is 2.25. The molecule has 0 saturated carbocycles. The zero-order valence-electron chi connectivity index (χ0n) is 13.3. The van der Waals surface area contributed by atoms with Crippen LogP contribution in [-0.4, -0.2) is 31.8 Å². The summed E-state index contributed by atoms with van der Waals surface area (Å²) in [4.78, 5) is 33.9. The van der Waals surface area contributed by atoms with Crippen LogP contribution in [0.3, 0.4) is 0 Å². The molecule has 1 aromatic heterocycles. The number of hydrogen-bond donors (Lipinski definition) is 2. The first kappa shape index (κ1) is 19.1. The summed E-state index contributed by atoms with van der Waals surface area (Å²) in [5.74, 6) is -2.40. The van der Waals surface area contributed by atoms with Crippen LogP contribution in [0.2, 0.25) is 0 Å². The fourth-order valence-electron chi connectivity index (χ4n) is 1.87. The molecule has 0 aliphatic heterocycles. The maximum absolute atomic E-state index is 11.8. The second-order valence-electron chi connectivity index (χ2n) is 5.07. The van der Waals surface area contributed by atoms with Gasteiger partial charge in [0.25, 0.3) is 21.6 Å². The summed E-state index contributed by atoms with van der Waals surface area (Å²) >= 11 is 0. The number of nitro groups is 1. The standard InChI is InChI=1S/C14H13N3O8S/c1-8-2-3-9(10(6-8)17(20)21)16-12(18)7-24-14(19)11-4-5-13(25-11)26(15,22)23/h2-6H,7H2,1H3,(H,16,18)(H2,15,22,23). The molecule has 1 amide bonds. The summed E-state index contributed by atoms with van der Waals surface area (Å²) in [5, 5.41) is 17.4. The molecular formula is C14H13N3O8S. The Morgan fingerprint density at radius 3 is 2.58 bits per heavy atom. The largest absolute Gasteiger partial charge is 0.450 e. The number of nitrogens with two attached hydrogens (primary N) is 1. The number of ether oxygens (including phenoxy) is 1. The number of anilines is 1. The molecule has 1 aromatic carbocycles. The van der Waals surface area contributed by atoms with Gasteiger partial charge in [-0.15, -0.1) is 0 Å². The Balaban J connectivity index is 2.00. The Morgan fingerprint density at radius 1 is 1.31 bits per heavy atom. The monoisotopic (exact) mass is 383 g/mol. The van der Waals surface area contributed by atoms with Crippen molar-refractivity contribution >= 4 is 33.3 Å². The SMILES string of the molecule is Cc1ccc(NC(=O)COC(=O)c2ccc(S(N)(=O)=O)o2)c([N+](=O)[O-])c1. The molecule has 2 rings (SSSR count). The zero-order valence-corrected chi connectivity index (χ0v) is 14.1. The van der Waals surface area contributed by atoms with Crippen molar-refractivity contribution in [2.24, 2.45) is 5.14 Å². The number of nitrogens with one attached hydrogen (secondary N) is 1. The quantitative estimate of drug-likeness (QED) is 0.421. The molecule has 11 nitrogen and oxygen atoms in total. The van der Waals surface area contributed by atoms with Crippen molar-refractivity contribution in [1.29, 1.82) is 0 Å². The minimum Gasteiger partial charge on any atom is -0.450 e. The van der Waals surface area contributed by atoms with Crippen LogP contribution >= 0.6 is 0 Å². The predicted octanol–water partition coefficient (Wildman–Crippen LogP) is 0.939. The highest BCUT2D eigenvalue weighted by atomic mass is 32.2. The Morgan fingerprint density at radius 2 is 2.00 bits per heavy atom. The van der Waals surface area contributed by atoms with Crippen LogP contribution < -0.4 is 10.5 Å². The normalized spacial score (nSPS) is 11.0. The molecule has 0 bridgehead atoms. The van der Waals surface area contributed by atoms with Gasteiger partial charge in [0, 0.05) is 6.07 Å². The van der Waals surface area contributed by atoms with Crippen LogP contribution in [0.4, 0.5) is 11.4 Å². The number of rotatable bonds is 6. The second-order valence-corrected chi connectivity index (χ2v) is 6.56. The van der Waals surface area contributed by atoms with Gasteiger partial charge in [-0.2, -0.15) is 0 Å².